The van der Waals surface area contributed by atoms with Gasteiger partial charge in [0.15, 0.2) is 5.76 Å². The second kappa shape index (κ2) is 9.67. The van der Waals surface area contributed by atoms with E-state index in [-0.39, 0.29) is 49.0 Å². The number of rotatable bonds is 7. The first-order chi connectivity index (χ1) is 15.5. The molecule has 4 amide bonds. The van der Waals surface area contributed by atoms with E-state index in [0.717, 1.165) is 25.7 Å². The standard InChI is InChI=1S/C23H25N3O6/c27-20(12-13-26-22(29)17-8-4-5-9-18(17)23(26)30)24-25-21(28)19-11-10-16(32-19)14-31-15-6-2-1-3-7-15/h1-3,6-7,10-11,17-18H,4-5,8-9,12-14H2,(H,24,27)(H,25,28). The van der Waals surface area contributed by atoms with Gasteiger partial charge >= 0.3 is 5.91 Å². The summed E-state index contributed by atoms with van der Waals surface area (Å²) in [5, 5.41) is 0. The van der Waals surface area contributed by atoms with Crippen LogP contribution in [0.15, 0.2) is 46.9 Å². The molecule has 1 aliphatic heterocycles. The lowest BCUT2D eigenvalue weighted by molar-refractivity contribution is -0.140. The molecule has 1 saturated carbocycles. The lowest BCUT2D eigenvalue weighted by atomic mass is 9.81. The van der Waals surface area contributed by atoms with Crippen molar-refractivity contribution in [3.63, 3.8) is 0 Å². The molecule has 0 radical (unpaired) electrons. The predicted octanol–water partition coefficient (Wildman–Crippen LogP) is 2.18. The Morgan fingerprint density at radius 1 is 0.969 bits per heavy atom. The molecule has 1 aromatic carbocycles. The van der Waals surface area contributed by atoms with Crippen LogP contribution in [0.25, 0.3) is 0 Å². The molecule has 2 aromatic rings. The van der Waals surface area contributed by atoms with E-state index >= 15 is 0 Å². The van der Waals surface area contributed by atoms with Crippen LogP contribution in [0.4, 0.5) is 0 Å². The predicted molar refractivity (Wildman–Crippen MR) is 112 cm³/mol. The Hall–Kier alpha value is -3.62. The summed E-state index contributed by atoms with van der Waals surface area (Å²) in [5.74, 6) is -0.817. The molecule has 9 heteroatoms. The number of carbonyl (C=O) groups excluding carboxylic acids is 4. The van der Waals surface area contributed by atoms with Gasteiger partial charge in [-0.25, -0.2) is 0 Å². The summed E-state index contributed by atoms with van der Waals surface area (Å²) in [4.78, 5) is 50.4. The number of amides is 4. The number of ether oxygens (including phenoxy) is 1. The maximum Gasteiger partial charge on any atom is 0.305 e. The number of hydrogen-bond donors (Lipinski definition) is 2. The zero-order chi connectivity index (χ0) is 22.5. The van der Waals surface area contributed by atoms with Gasteiger partial charge in [-0.3, -0.25) is 34.9 Å². The third-order valence-electron chi connectivity index (χ3n) is 5.82. The minimum absolute atomic E-state index is 0.00803. The topological polar surface area (TPSA) is 118 Å². The van der Waals surface area contributed by atoms with E-state index < -0.39 is 11.8 Å². The SMILES string of the molecule is O=C(CCN1C(=O)C2CCCCC2C1=O)NNC(=O)c1ccc(COc2ccccc2)o1. The molecule has 0 bridgehead atoms. The monoisotopic (exact) mass is 439 g/mol. The quantitative estimate of drug-likeness (QED) is 0.504. The molecule has 2 unspecified atom stereocenters. The maximum atomic E-state index is 12.4. The molecule has 1 aliphatic carbocycles. The van der Waals surface area contributed by atoms with E-state index in [2.05, 4.69) is 10.9 Å². The molecular formula is C23H25N3O6. The first-order valence-corrected chi connectivity index (χ1v) is 10.7. The molecule has 2 heterocycles. The Balaban J connectivity index is 1.20. The first kappa shape index (κ1) is 21.6. The summed E-state index contributed by atoms with van der Waals surface area (Å²) in [6.07, 6.45) is 3.28. The lowest BCUT2D eigenvalue weighted by Gasteiger charge is -2.19. The molecule has 9 nitrogen and oxygen atoms in total. The van der Waals surface area contributed by atoms with Crippen molar-refractivity contribution in [3.05, 3.63) is 54.0 Å². The van der Waals surface area contributed by atoms with Crippen LogP contribution >= 0.6 is 0 Å². The largest absolute Gasteiger partial charge is 0.486 e. The molecule has 168 valence electrons. The van der Waals surface area contributed by atoms with Crippen LogP contribution in [0.3, 0.4) is 0 Å². The number of hydrazine groups is 1. The van der Waals surface area contributed by atoms with E-state index in [1.165, 1.54) is 11.0 Å². The zero-order valence-electron chi connectivity index (χ0n) is 17.5. The van der Waals surface area contributed by atoms with Crippen molar-refractivity contribution in [2.75, 3.05) is 6.54 Å². The highest BCUT2D eigenvalue weighted by Gasteiger charge is 2.47. The van der Waals surface area contributed by atoms with E-state index in [1.54, 1.807) is 6.07 Å². The minimum Gasteiger partial charge on any atom is -0.486 e. The van der Waals surface area contributed by atoms with Gasteiger partial charge in [-0.15, -0.1) is 0 Å². The van der Waals surface area contributed by atoms with Crippen LogP contribution in [0.1, 0.15) is 48.4 Å². The summed E-state index contributed by atoms with van der Waals surface area (Å²) < 4.78 is 11.0. The normalized spacial score (nSPS) is 20.1. The number of imide groups is 1. The lowest BCUT2D eigenvalue weighted by Crippen LogP contribution is -2.43. The van der Waals surface area contributed by atoms with Crippen LogP contribution in [0.5, 0.6) is 5.75 Å². The summed E-state index contributed by atoms with van der Waals surface area (Å²) >= 11 is 0. The minimum atomic E-state index is -0.622. The van der Waals surface area contributed by atoms with Gasteiger partial charge in [0.25, 0.3) is 0 Å². The number of benzene rings is 1. The van der Waals surface area contributed by atoms with Crippen molar-refractivity contribution in [1.82, 2.24) is 15.8 Å². The number of likely N-dealkylation sites (tertiary alicyclic amines) is 1. The third kappa shape index (κ3) is 4.82. The summed E-state index contributed by atoms with van der Waals surface area (Å²) in [6, 6.07) is 12.3. The molecule has 2 N–H and O–H groups in total. The average Bonchev–Trinajstić information content (AvgIpc) is 3.39. The van der Waals surface area contributed by atoms with E-state index in [9.17, 15) is 19.2 Å². The fraction of sp³-hybridized carbons (Fsp3) is 0.391. The van der Waals surface area contributed by atoms with Gasteiger partial charge in [0.2, 0.25) is 17.7 Å². The van der Waals surface area contributed by atoms with Gasteiger partial charge in [0.1, 0.15) is 18.1 Å². The van der Waals surface area contributed by atoms with E-state index in [0.29, 0.717) is 11.5 Å². The van der Waals surface area contributed by atoms with Crippen LogP contribution in [-0.4, -0.2) is 35.1 Å². The molecule has 32 heavy (non-hydrogen) atoms. The molecule has 4 rings (SSSR count). The molecule has 2 aliphatic rings. The summed E-state index contributed by atoms with van der Waals surface area (Å²) in [6.45, 7) is 0.164. The number of hydrogen-bond acceptors (Lipinski definition) is 6. The molecule has 1 aromatic heterocycles. The van der Waals surface area contributed by atoms with Gasteiger partial charge in [-0.1, -0.05) is 31.0 Å². The average molecular weight is 439 g/mol. The van der Waals surface area contributed by atoms with Crippen LogP contribution < -0.4 is 15.6 Å². The maximum absolute atomic E-state index is 12.4. The van der Waals surface area contributed by atoms with Crippen molar-refractivity contribution in [2.24, 2.45) is 11.8 Å². The van der Waals surface area contributed by atoms with Crippen LogP contribution in [0, 0.1) is 11.8 Å². The highest BCUT2D eigenvalue weighted by atomic mass is 16.5. The summed E-state index contributed by atoms with van der Waals surface area (Å²) in [5.41, 5.74) is 4.56. The molecule has 1 saturated heterocycles. The molecular weight excluding hydrogens is 414 g/mol. The molecule has 2 fully saturated rings. The Morgan fingerprint density at radius 3 is 2.34 bits per heavy atom. The van der Waals surface area contributed by atoms with Crippen LogP contribution in [-0.2, 0) is 21.0 Å². The number of para-hydroxylation sites is 1. The van der Waals surface area contributed by atoms with Gasteiger partial charge < -0.3 is 9.15 Å². The highest BCUT2D eigenvalue weighted by Crippen LogP contribution is 2.37. The fourth-order valence-corrected chi connectivity index (χ4v) is 4.16. The second-order valence-electron chi connectivity index (χ2n) is 7.95. The third-order valence-corrected chi connectivity index (χ3v) is 5.82. The van der Waals surface area contributed by atoms with Crippen molar-refractivity contribution in [2.45, 2.75) is 38.7 Å². The molecule has 2 atom stereocenters. The number of nitrogens with zero attached hydrogens (tertiary/aromatic N) is 1. The van der Waals surface area contributed by atoms with Gasteiger partial charge in [-0.05, 0) is 37.1 Å². The Morgan fingerprint density at radius 2 is 1.66 bits per heavy atom. The van der Waals surface area contributed by atoms with Crippen molar-refractivity contribution < 1.29 is 28.3 Å². The smallest absolute Gasteiger partial charge is 0.305 e. The number of furan rings is 1. The van der Waals surface area contributed by atoms with Crippen molar-refractivity contribution in [3.8, 4) is 5.75 Å². The number of carbonyl (C=O) groups is 4. The van der Waals surface area contributed by atoms with E-state index in [1.807, 2.05) is 30.3 Å². The Labute approximate surface area is 185 Å². The summed E-state index contributed by atoms with van der Waals surface area (Å²) in [7, 11) is 0. The Kier molecular flexibility index (Phi) is 6.53. The van der Waals surface area contributed by atoms with Gasteiger partial charge in [0.05, 0.1) is 11.8 Å². The first-order valence-electron chi connectivity index (χ1n) is 10.7. The fourth-order valence-electron chi connectivity index (χ4n) is 4.16. The van der Waals surface area contributed by atoms with Gasteiger partial charge in [-0.2, -0.15) is 0 Å². The Bertz CT molecular complexity index is 978. The van der Waals surface area contributed by atoms with E-state index in [4.69, 9.17) is 9.15 Å². The number of fused-ring (bicyclic) bond motifs is 1. The van der Waals surface area contributed by atoms with Crippen molar-refractivity contribution in [1.29, 1.82) is 0 Å². The van der Waals surface area contributed by atoms with Gasteiger partial charge in [0, 0.05) is 13.0 Å². The molecule has 0 spiro atoms. The second-order valence-corrected chi connectivity index (χ2v) is 7.95. The number of nitrogens with one attached hydrogen (secondary N) is 2. The van der Waals surface area contributed by atoms with Crippen LogP contribution in [0.2, 0.25) is 0 Å². The highest BCUT2D eigenvalue weighted by molar-refractivity contribution is 6.05. The van der Waals surface area contributed by atoms with Crippen molar-refractivity contribution >= 4 is 23.6 Å². The zero-order valence-corrected chi connectivity index (χ0v) is 17.5.